The number of rotatable bonds is 2. The molecule has 0 radical (unpaired) electrons. The summed E-state index contributed by atoms with van der Waals surface area (Å²) < 4.78 is 0. The minimum atomic E-state index is -0.814. The van der Waals surface area contributed by atoms with Crippen molar-refractivity contribution in [1.29, 1.82) is 0 Å². The van der Waals surface area contributed by atoms with E-state index >= 15 is 0 Å². The van der Waals surface area contributed by atoms with Crippen LogP contribution < -0.4 is 0 Å². The van der Waals surface area contributed by atoms with Crippen LogP contribution in [0.1, 0.15) is 60.3 Å². The molecule has 1 aliphatic heterocycles. The molecule has 90 valence electrons. The molecule has 0 spiro atoms. The van der Waals surface area contributed by atoms with E-state index < -0.39 is 11.1 Å². The number of hydrogen-bond donors (Lipinski definition) is 2. The monoisotopic (exact) mass is 215 g/mol. The van der Waals surface area contributed by atoms with Crippen LogP contribution in [0.2, 0.25) is 0 Å². The number of aliphatic hydroxyl groups is 1. The maximum Gasteiger partial charge on any atom is 0.0823 e. The molecule has 1 saturated heterocycles. The second kappa shape index (κ2) is 3.72. The Labute approximate surface area is 93.1 Å². The van der Waals surface area contributed by atoms with Crippen LogP contribution in [0.3, 0.4) is 0 Å². The van der Waals surface area contributed by atoms with Crippen molar-refractivity contribution in [3.63, 3.8) is 0 Å². The highest BCUT2D eigenvalue weighted by Gasteiger charge is 2.55. The fraction of sp³-hybridized carbons (Fsp3) is 1.00. The lowest BCUT2D eigenvalue weighted by molar-refractivity contribution is -0.305. The predicted octanol–water partition coefficient (Wildman–Crippen LogP) is 2.56. The van der Waals surface area contributed by atoms with Gasteiger partial charge in [0.2, 0.25) is 0 Å². The molecule has 0 bridgehead atoms. The normalized spacial score (nSPS) is 48.2. The van der Waals surface area contributed by atoms with Gasteiger partial charge in [0.15, 0.2) is 0 Å². The minimum absolute atomic E-state index is 0.201. The summed E-state index contributed by atoms with van der Waals surface area (Å²) in [6, 6.07) is 0. The van der Waals surface area contributed by atoms with Crippen molar-refractivity contribution in [2.75, 3.05) is 0 Å². The third-order valence-corrected chi connectivity index (χ3v) is 4.74. The molecule has 3 heteroatoms. The van der Waals surface area contributed by atoms with Crippen molar-refractivity contribution in [2.24, 2.45) is 0 Å². The maximum atomic E-state index is 10.4. The largest absolute Gasteiger partial charge is 0.388 e. The quantitative estimate of drug-likeness (QED) is 0.744. The minimum Gasteiger partial charge on any atom is -0.388 e. The Hall–Kier alpha value is -0.120. The smallest absolute Gasteiger partial charge is 0.0823 e. The van der Waals surface area contributed by atoms with E-state index in [0.29, 0.717) is 0 Å². The third kappa shape index (κ3) is 1.71. The highest BCUT2D eigenvalue weighted by molar-refractivity contribution is 5.07. The van der Waals surface area contributed by atoms with Gasteiger partial charge in [0.05, 0.1) is 11.1 Å². The number of piperidine rings is 1. The molecule has 3 nitrogen and oxygen atoms in total. The molecule has 0 aromatic rings. The second-order valence-corrected chi connectivity index (χ2v) is 5.56. The lowest BCUT2D eigenvalue weighted by Gasteiger charge is -2.58. The van der Waals surface area contributed by atoms with Crippen LogP contribution in [0, 0.1) is 0 Å². The first-order valence-corrected chi connectivity index (χ1v) is 5.95. The highest BCUT2D eigenvalue weighted by Crippen LogP contribution is 2.46. The van der Waals surface area contributed by atoms with E-state index in [0.717, 1.165) is 25.7 Å². The average Bonchev–Trinajstić information content (AvgIpc) is 2.22. The molecule has 0 aromatic heterocycles. The molecule has 1 heterocycles. The standard InChI is InChI=1S/C12H25NO2/c1-6-10(3)8-9-12(5,14)11(4,7-2)13(10)15/h14-15H,6-9H2,1-5H3. The molecule has 3 unspecified atom stereocenters. The number of nitrogens with zero attached hydrogens (tertiary/aromatic N) is 1. The van der Waals surface area contributed by atoms with Crippen LogP contribution in [0.4, 0.5) is 0 Å². The Morgan fingerprint density at radius 1 is 1.07 bits per heavy atom. The van der Waals surface area contributed by atoms with Crippen molar-refractivity contribution in [2.45, 2.75) is 77.0 Å². The van der Waals surface area contributed by atoms with E-state index in [-0.39, 0.29) is 5.54 Å². The summed E-state index contributed by atoms with van der Waals surface area (Å²) in [6.07, 6.45) is 3.22. The zero-order chi connectivity index (χ0) is 11.9. The number of hydroxylamine groups is 2. The van der Waals surface area contributed by atoms with Crippen LogP contribution in [-0.4, -0.2) is 32.1 Å². The fourth-order valence-corrected chi connectivity index (χ4v) is 2.57. The average molecular weight is 215 g/mol. The van der Waals surface area contributed by atoms with Gasteiger partial charge in [-0.25, -0.2) is 0 Å². The lowest BCUT2D eigenvalue weighted by atomic mass is 9.68. The van der Waals surface area contributed by atoms with Gasteiger partial charge in [-0.15, -0.1) is 0 Å². The van der Waals surface area contributed by atoms with Gasteiger partial charge in [0, 0.05) is 5.54 Å². The van der Waals surface area contributed by atoms with Crippen molar-refractivity contribution < 1.29 is 10.3 Å². The van der Waals surface area contributed by atoms with Gasteiger partial charge in [0.25, 0.3) is 0 Å². The van der Waals surface area contributed by atoms with Crippen LogP contribution in [0.25, 0.3) is 0 Å². The van der Waals surface area contributed by atoms with Gasteiger partial charge in [-0.3, -0.25) is 0 Å². The van der Waals surface area contributed by atoms with E-state index in [1.165, 1.54) is 5.06 Å². The first-order chi connectivity index (χ1) is 6.73. The molecule has 2 N–H and O–H groups in total. The van der Waals surface area contributed by atoms with E-state index in [1.54, 1.807) is 0 Å². The summed E-state index contributed by atoms with van der Waals surface area (Å²) in [7, 11) is 0. The van der Waals surface area contributed by atoms with Crippen LogP contribution in [0.15, 0.2) is 0 Å². The predicted molar refractivity (Wildman–Crippen MR) is 60.9 cm³/mol. The van der Waals surface area contributed by atoms with Gasteiger partial charge in [-0.1, -0.05) is 13.8 Å². The lowest BCUT2D eigenvalue weighted by Crippen LogP contribution is -2.69. The van der Waals surface area contributed by atoms with Crippen molar-refractivity contribution in [3.8, 4) is 0 Å². The van der Waals surface area contributed by atoms with E-state index in [9.17, 15) is 10.3 Å². The topological polar surface area (TPSA) is 43.7 Å². The van der Waals surface area contributed by atoms with E-state index in [4.69, 9.17) is 0 Å². The first kappa shape index (κ1) is 12.9. The molecule has 0 saturated carbocycles. The molecule has 15 heavy (non-hydrogen) atoms. The molecule has 3 atom stereocenters. The summed E-state index contributed by atoms with van der Waals surface area (Å²) in [5.74, 6) is 0. The SMILES string of the molecule is CCC1(C)CCC(C)(O)C(C)(CC)N1O. The summed E-state index contributed by atoms with van der Waals surface area (Å²) in [5, 5.41) is 22.2. The van der Waals surface area contributed by atoms with Crippen molar-refractivity contribution in [1.82, 2.24) is 5.06 Å². The first-order valence-electron chi connectivity index (χ1n) is 5.95. The molecule has 1 aliphatic rings. The summed E-state index contributed by atoms with van der Waals surface area (Å²) >= 11 is 0. The Morgan fingerprint density at radius 2 is 1.60 bits per heavy atom. The summed E-state index contributed by atoms with van der Waals surface area (Å²) in [6.45, 7) is 9.93. The zero-order valence-electron chi connectivity index (χ0n) is 10.7. The van der Waals surface area contributed by atoms with Gasteiger partial charge in [0.1, 0.15) is 0 Å². The van der Waals surface area contributed by atoms with Crippen LogP contribution >= 0.6 is 0 Å². The van der Waals surface area contributed by atoms with Gasteiger partial charge >= 0.3 is 0 Å². The molecule has 1 rings (SSSR count). The van der Waals surface area contributed by atoms with Crippen molar-refractivity contribution in [3.05, 3.63) is 0 Å². The molecule has 1 fully saturated rings. The highest BCUT2D eigenvalue weighted by atomic mass is 16.5. The maximum absolute atomic E-state index is 10.4. The Kier molecular flexibility index (Phi) is 3.21. The molecular weight excluding hydrogens is 190 g/mol. The fourth-order valence-electron chi connectivity index (χ4n) is 2.57. The Bertz CT molecular complexity index is 242. The van der Waals surface area contributed by atoms with E-state index in [1.807, 2.05) is 20.8 Å². The number of hydrogen-bond acceptors (Lipinski definition) is 3. The third-order valence-electron chi connectivity index (χ3n) is 4.74. The summed E-state index contributed by atoms with van der Waals surface area (Å²) in [4.78, 5) is 0. The molecule has 0 aliphatic carbocycles. The summed E-state index contributed by atoms with van der Waals surface area (Å²) in [5.41, 5.74) is -1.56. The van der Waals surface area contributed by atoms with Crippen LogP contribution in [-0.2, 0) is 0 Å². The van der Waals surface area contributed by atoms with Crippen LogP contribution in [0.5, 0.6) is 0 Å². The van der Waals surface area contributed by atoms with Gasteiger partial charge in [-0.05, 0) is 46.5 Å². The van der Waals surface area contributed by atoms with Gasteiger partial charge in [-0.2, -0.15) is 5.06 Å². The van der Waals surface area contributed by atoms with Gasteiger partial charge < -0.3 is 10.3 Å². The van der Waals surface area contributed by atoms with Crippen molar-refractivity contribution >= 4 is 0 Å². The zero-order valence-corrected chi connectivity index (χ0v) is 10.7. The molecule has 0 amide bonds. The Morgan fingerprint density at radius 3 is 2.00 bits per heavy atom. The van der Waals surface area contributed by atoms with E-state index in [2.05, 4.69) is 13.8 Å². The molecular formula is C12H25NO2. The Balaban J connectivity index is 3.08. The molecule has 0 aromatic carbocycles. The second-order valence-electron chi connectivity index (χ2n) is 5.56.